The lowest BCUT2D eigenvalue weighted by Crippen LogP contribution is -2.51. The normalized spacial score (nSPS) is 21.9. The van der Waals surface area contributed by atoms with Gasteiger partial charge in [-0.15, -0.1) is 0 Å². The van der Waals surface area contributed by atoms with E-state index in [1.807, 2.05) is 49.3 Å². The van der Waals surface area contributed by atoms with Gasteiger partial charge < -0.3 is 14.3 Å². The summed E-state index contributed by atoms with van der Waals surface area (Å²) in [7, 11) is 3.77. The first-order valence-electron chi connectivity index (χ1n) is 9.29. The van der Waals surface area contributed by atoms with Crippen LogP contribution < -0.4 is 0 Å². The maximum Gasteiger partial charge on any atom is 0.278 e. The number of rotatable bonds is 5. The Morgan fingerprint density at radius 3 is 2.44 bits per heavy atom. The summed E-state index contributed by atoms with van der Waals surface area (Å²) in [4.78, 5) is 28.3. The van der Waals surface area contributed by atoms with Crippen molar-refractivity contribution in [3.63, 3.8) is 0 Å². The lowest BCUT2D eigenvalue weighted by molar-refractivity contribution is -0.882. The van der Waals surface area contributed by atoms with Gasteiger partial charge >= 0.3 is 0 Å². The monoisotopic (exact) mass is 373 g/mol. The summed E-state index contributed by atoms with van der Waals surface area (Å²) >= 11 is 0. The minimum atomic E-state index is -1.13. The van der Waals surface area contributed by atoms with Crippen molar-refractivity contribution >= 4 is 11.8 Å². The lowest BCUT2D eigenvalue weighted by atomic mass is 10.1. The molecule has 1 fully saturated rings. The van der Waals surface area contributed by atoms with Crippen LogP contribution in [0.15, 0.2) is 24.3 Å². The van der Waals surface area contributed by atoms with E-state index < -0.39 is 12.2 Å². The maximum atomic E-state index is 13.5. The Morgan fingerprint density at radius 2 is 1.85 bits per heavy atom. The van der Waals surface area contributed by atoms with E-state index in [4.69, 9.17) is 5.26 Å². The van der Waals surface area contributed by atoms with Gasteiger partial charge in [-0.1, -0.05) is 24.3 Å². The molecule has 1 aromatic carbocycles. The van der Waals surface area contributed by atoms with Crippen molar-refractivity contribution in [2.24, 2.45) is 0 Å². The molecule has 2 aliphatic heterocycles. The van der Waals surface area contributed by atoms with Gasteiger partial charge in [0.15, 0.2) is 6.54 Å². The van der Waals surface area contributed by atoms with Crippen molar-refractivity contribution in [3.8, 4) is 6.07 Å². The number of hydrogen-bond acceptors (Lipinski definition) is 3. The number of likely N-dealkylation sites (tertiary alicyclic amines) is 1. The van der Waals surface area contributed by atoms with Gasteiger partial charge in [0.05, 0.1) is 39.7 Å². The molecule has 6 nitrogen and oxygen atoms in total. The molecule has 27 heavy (non-hydrogen) atoms. The molecule has 2 aliphatic rings. The van der Waals surface area contributed by atoms with Crippen molar-refractivity contribution in [3.05, 3.63) is 35.4 Å². The fraction of sp³-hybridized carbons (Fsp3) is 0.550. The molecule has 2 heterocycles. The summed E-state index contributed by atoms with van der Waals surface area (Å²) in [6, 6.07) is 9.37. The predicted octanol–water partition coefficient (Wildman–Crippen LogP) is 1.46. The molecular weight excluding hydrogens is 347 g/mol. The first-order chi connectivity index (χ1) is 12.8. The van der Waals surface area contributed by atoms with E-state index in [-0.39, 0.29) is 31.3 Å². The largest absolute Gasteiger partial charge is 0.334 e. The van der Waals surface area contributed by atoms with Crippen LogP contribution in [-0.2, 0) is 22.7 Å². The number of halogens is 1. The van der Waals surface area contributed by atoms with Gasteiger partial charge in [-0.3, -0.25) is 9.59 Å². The molecule has 2 atom stereocenters. The number of hydrogen-bond donors (Lipinski definition) is 0. The van der Waals surface area contributed by atoms with E-state index in [0.29, 0.717) is 30.5 Å². The molecule has 0 saturated carbocycles. The van der Waals surface area contributed by atoms with Crippen LogP contribution in [0, 0.1) is 11.3 Å². The van der Waals surface area contributed by atoms with Crippen LogP contribution in [0.4, 0.5) is 4.39 Å². The molecular formula is C20H26FN4O2+. The van der Waals surface area contributed by atoms with Crippen LogP contribution in [0.1, 0.15) is 24.0 Å². The molecule has 7 heteroatoms. The Hall–Kier alpha value is -2.46. The zero-order chi connectivity index (χ0) is 19.6. The standard InChI is InChI=1S/C20H26FN4O2/c1-25(2,14-20(27)24-13-17(21)9-18(24)10-22)8-7-19(26)23-11-15-5-3-4-6-16(15)12-23/h3-6,17-18H,7-9,11-14H2,1-2H3/q+1. The van der Waals surface area contributed by atoms with E-state index in [9.17, 15) is 14.0 Å². The topological polar surface area (TPSA) is 64.4 Å². The molecule has 2 unspecified atom stereocenters. The minimum absolute atomic E-state index is 0.0119. The molecule has 3 rings (SSSR count). The number of alkyl halides is 1. The summed E-state index contributed by atoms with van der Waals surface area (Å²) < 4.78 is 13.9. The van der Waals surface area contributed by atoms with Gasteiger partial charge in [-0.2, -0.15) is 5.26 Å². The fourth-order valence-corrected chi connectivity index (χ4v) is 3.78. The molecule has 0 bridgehead atoms. The van der Waals surface area contributed by atoms with Crippen LogP contribution in [0.25, 0.3) is 0 Å². The SMILES string of the molecule is C[N+](C)(CCC(=O)N1Cc2ccccc2C1)CC(=O)N1CC(F)CC1C#N. The lowest BCUT2D eigenvalue weighted by Gasteiger charge is -2.31. The second-order valence-corrected chi connectivity index (χ2v) is 8.11. The summed E-state index contributed by atoms with van der Waals surface area (Å²) in [6.07, 6.45) is -0.696. The number of benzene rings is 1. The number of carbonyl (C=O) groups is 2. The number of fused-ring (bicyclic) bond motifs is 1. The van der Waals surface area contributed by atoms with Gasteiger partial charge in [-0.05, 0) is 11.1 Å². The molecule has 0 radical (unpaired) electrons. The first-order valence-corrected chi connectivity index (χ1v) is 9.29. The Morgan fingerprint density at radius 1 is 1.22 bits per heavy atom. The molecule has 2 amide bonds. The highest BCUT2D eigenvalue weighted by Gasteiger charge is 2.38. The smallest absolute Gasteiger partial charge is 0.278 e. The zero-order valence-corrected chi connectivity index (χ0v) is 15.9. The number of likely N-dealkylation sites (N-methyl/N-ethyl adjacent to an activating group) is 1. The van der Waals surface area contributed by atoms with Crippen LogP contribution in [0.2, 0.25) is 0 Å². The number of quaternary nitrogens is 1. The van der Waals surface area contributed by atoms with Gasteiger partial charge in [0.1, 0.15) is 12.2 Å². The third-order valence-electron chi connectivity index (χ3n) is 5.41. The average Bonchev–Trinajstić information content (AvgIpc) is 3.22. The Labute approximate surface area is 159 Å². The van der Waals surface area contributed by atoms with E-state index in [2.05, 4.69) is 0 Å². The van der Waals surface area contributed by atoms with Gasteiger partial charge in [0, 0.05) is 19.5 Å². The number of nitrogens with zero attached hydrogens (tertiary/aromatic N) is 4. The average molecular weight is 373 g/mol. The van der Waals surface area contributed by atoms with Crippen LogP contribution in [0.5, 0.6) is 0 Å². The Kier molecular flexibility index (Phi) is 5.47. The molecule has 0 aromatic heterocycles. The van der Waals surface area contributed by atoms with Gasteiger partial charge in [0.2, 0.25) is 5.91 Å². The quantitative estimate of drug-likeness (QED) is 0.734. The highest BCUT2D eigenvalue weighted by molar-refractivity contribution is 5.79. The summed E-state index contributed by atoms with van der Waals surface area (Å²) in [6.45, 7) is 1.93. The van der Waals surface area contributed by atoms with Crippen molar-refractivity contribution in [1.82, 2.24) is 9.80 Å². The Bertz CT molecular complexity index is 748. The predicted molar refractivity (Wildman–Crippen MR) is 97.8 cm³/mol. The van der Waals surface area contributed by atoms with Gasteiger partial charge in [0.25, 0.3) is 5.91 Å². The van der Waals surface area contributed by atoms with E-state index >= 15 is 0 Å². The van der Waals surface area contributed by atoms with E-state index in [1.54, 1.807) is 0 Å². The number of nitriles is 1. The van der Waals surface area contributed by atoms with E-state index in [1.165, 1.54) is 16.0 Å². The molecule has 0 spiro atoms. The fourth-order valence-electron chi connectivity index (χ4n) is 3.78. The molecule has 1 saturated heterocycles. The van der Waals surface area contributed by atoms with E-state index in [0.717, 1.165) is 0 Å². The van der Waals surface area contributed by atoms with Crippen molar-refractivity contribution in [1.29, 1.82) is 5.26 Å². The number of carbonyl (C=O) groups excluding carboxylic acids is 2. The molecule has 1 aromatic rings. The maximum absolute atomic E-state index is 13.5. The van der Waals surface area contributed by atoms with Crippen LogP contribution in [-0.4, -0.2) is 72.0 Å². The second-order valence-electron chi connectivity index (χ2n) is 8.11. The second kappa shape index (κ2) is 7.65. The highest BCUT2D eigenvalue weighted by Crippen LogP contribution is 2.23. The third-order valence-corrected chi connectivity index (χ3v) is 5.41. The van der Waals surface area contributed by atoms with Crippen LogP contribution in [0.3, 0.4) is 0 Å². The Balaban J connectivity index is 1.51. The molecule has 0 aliphatic carbocycles. The third kappa shape index (κ3) is 4.45. The summed E-state index contributed by atoms with van der Waals surface area (Å²) in [5.74, 6) is -0.155. The van der Waals surface area contributed by atoms with Crippen LogP contribution >= 0.6 is 0 Å². The van der Waals surface area contributed by atoms with Crippen molar-refractivity contribution in [2.45, 2.75) is 38.1 Å². The number of amides is 2. The minimum Gasteiger partial charge on any atom is -0.334 e. The molecule has 144 valence electrons. The van der Waals surface area contributed by atoms with Crippen molar-refractivity contribution in [2.75, 3.05) is 33.7 Å². The van der Waals surface area contributed by atoms with Gasteiger partial charge in [-0.25, -0.2) is 4.39 Å². The zero-order valence-electron chi connectivity index (χ0n) is 15.9. The van der Waals surface area contributed by atoms with Crippen molar-refractivity contribution < 1.29 is 18.5 Å². The summed E-state index contributed by atoms with van der Waals surface area (Å²) in [5, 5.41) is 9.11. The summed E-state index contributed by atoms with van der Waals surface area (Å²) in [5.41, 5.74) is 2.37. The highest BCUT2D eigenvalue weighted by atomic mass is 19.1. The first kappa shape index (κ1) is 19.3. The molecule has 0 N–H and O–H groups in total.